The predicted molar refractivity (Wildman–Crippen MR) is 179 cm³/mol. The van der Waals surface area contributed by atoms with Gasteiger partial charge < -0.3 is 42.6 Å². The number of ether oxygens (including phenoxy) is 9. The van der Waals surface area contributed by atoms with Crippen LogP contribution < -0.4 is 0 Å². The van der Waals surface area contributed by atoms with Crippen molar-refractivity contribution in [1.29, 1.82) is 0 Å². The maximum atomic E-state index is 14.0. The number of epoxide rings is 1. The summed E-state index contributed by atoms with van der Waals surface area (Å²) in [6, 6.07) is 0. The van der Waals surface area contributed by atoms with Crippen molar-refractivity contribution >= 4 is 5.78 Å². The number of hydrogen-bond donors (Lipinski definition) is 0. The summed E-state index contributed by atoms with van der Waals surface area (Å²) in [5.74, 6) is 0.213. The predicted octanol–water partition coefficient (Wildman–Crippen LogP) is 5.14. The van der Waals surface area contributed by atoms with Crippen molar-refractivity contribution in [1.82, 2.24) is 0 Å². The van der Waals surface area contributed by atoms with E-state index in [1.54, 1.807) is 0 Å². The third kappa shape index (κ3) is 5.91. The Balaban J connectivity index is 0.925. The van der Waals surface area contributed by atoms with E-state index in [4.69, 9.17) is 42.6 Å². The average molecular weight is 697 g/mol. The molecular weight excluding hydrogens is 640 g/mol. The van der Waals surface area contributed by atoms with Crippen molar-refractivity contribution in [3.8, 4) is 0 Å². The lowest BCUT2D eigenvalue weighted by Crippen LogP contribution is -2.61. The van der Waals surface area contributed by atoms with Crippen LogP contribution in [0, 0.1) is 17.8 Å². The molecule has 11 fully saturated rings. The fraction of sp³-hybridized carbons (Fsp3) is 0.875. The molecule has 12 bridgehead atoms. The summed E-state index contributed by atoms with van der Waals surface area (Å²) in [6.07, 6.45) is 9.05. The minimum atomic E-state index is -0.743. The number of hydrogen-bond acceptors (Lipinski definition) is 10. The smallest absolute Gasteiger partial charge is 0.172 e. The van der Waals surface area contributed by atoms with E-state index in [2.05, 4.69) is 27.0 Å². The van der Waals surface area contributed by atoms with Gasteiger partial charge in [0.2, 0.25) is 0 Å². The lowest BCUT2D eigenvalue weighted by molar-refractivity contribution is -0.292. The average Bonchev–Trinajstić information content (AvgIpc) is 3.58. The number of fused-ring (bicyclic) bond motifs is 6. The van der Waals surface area contributed by atoms with E-state index in [0.717, 1.165) is 76.4 Å². The molecule has 0 aliphatic carbocycles. The van der Waals surface area contributed by atoms with E-state index in [9.17, 15) is 4.79 Å². The zero-order valence-corrected chi connectivity index (χ0v) is 29.8. The Labute approximate surface area is 296 Å². The largest absolute Gasteiger partial charge is 0.374 e. The van der Waals surface area contributed by atoms with Gasteiger partial charge in [0.1, 0.15) is 36.3 Å². The van der Waals surface area contributed by atoms with Crippen LogP contribution in [0.3, 0.4) is 0 Å². The summed E-state index contributed by atoms with van der Waals surface area (Å²) < 4.78 is 59.9. The Morgan fingerprint density at radius 2 is 1.46 bits per heavy atom. The fourth-order valence-electron chi connectivity index (χ4n) is 11.4. The number of ketones is 1. The summed E-state index contributed by atoms with van der Waals surface area (Å²) >= 11 is 0. The van der Waals surface area contributed by atoms with Crippen LogP contribution in [0.25, 0.3) is 0 Å². The first-order chi connectivity index (χ1) is 24.2. The molecular formula is C40H56O10. The van der Waals surface area contributed by atoms with Crippen molar-refractivity contribution in [2.24, 2.45) is 17.8 Å². The standard InChI is InChI=1S/C40H56O10/c1-19-11-24-5-7-29-20(2)12-26(43-29)9-10-40-17-34-36(49-40)37-38(48-34)39(50-40)35-30(47-37)8-6-25(45-35)13-23(41)14-28-22(4)31(15-27-18-42-27)46-33(28)16-32(44-24)21(19)3/h19,22,24-39H,2-3,5-18H2,1,4H3/t19-,22-,24+,25?,26+,27+,28-,29?,30+,31-,32-,33?,34-,35+,36+,37+,38-,39+,40?/m1/s1. The van der Waals surface area contributed by atoms with E-state index in [-0.39, 0.29) is 109 Å². The van der Waals surface area contributed by atoms with Crippen LogP contribution in [0.4, 0.5) is 0 Å². The monoisotopic (exact) mass is 696 g/mol. The van der Waals surface area contributed by atoms with Crippen LogP contribution in [-0.4, -0.2) is 110 Å². The molecule has 0 aromatic heterocycles. The molecule has 50 heavy (non-hydrogen) atoms. The first-order valence-corrected chi connectivity index (χ1v) is 20.0. The van der Waals surface area contributed by atoms with Gasteiger partial charge in [-0.3, -0.25) is 4.79 Å². The maximum Gasteiger partial charge on any atom is 0.172 e. The molecule has 0 N–H and O–H groups in total. The van der Waals surface area contributed by atoms with Crippen molar-refractivity contribution in [2.45, 2.75) is 195 Å². The molecule has 1 spiro atoms. The second-order valence-electron chi connectivity index (χ2n) is 17.7. The SMILES string of the molecule is C=C1C[C@@H]2CCC34C[C@H]5O[C@H]6[C@@H](O3)[C@H]3OC(CC[C@@H]3O[C@H]6[C@H]5O4)CC(=O)C[C@H]3C(C[C@H]4O[C@@H](CCC1O2)C[C@@H](C)C4=C)O[C@H](C[C@H]1CO1)[C@@H]3C. The van der Waals surface area contributed by atoms with Crippen LogP contribution in [0.15, 0.2) is 24.3 Å². The van der Waals surface area contributed by atoms with Crippen LogP contribution in [0.2, 0.25) is 0 Å². The molecule has 0 aromatic carbocycles. The van der Waals surface area contributed by atoms with Gasteiger partial charge in [0.25, 0.3) is 0 Å². The molecule has 4 unspecified atom stereocenters. The molecule has 11 aliphatic heterocycles. The Kier molecular flexibility index (Phi) is 8.47. The first-order valence-electron chi connectivity index (χ1n) is 20.0. The summed E-state index contributed by atoms with van der Waals surface area (Å²) in [5.41, 5.74) is 2.32. The Hall–Kier alpha value is -1.21. The van der Waals surface area contributed by atoms with E-state index < -0.39 is 5.79 Å². The molecule has 10 nitrogen and oxygen atoms in total. The first kappa shape index (κ1) is 33.4. The van der Waals surface area contributed by atoms with E-state index in [1.165, 1.54) is 5.57 Å². The van der Waals surface area contributed by atoms with Crippen molar-refractivity contribution in [3.05, 3.63) is 24.3 Å². The second-order valence-corrected chi connectivity index (χ2v) is 17.7. The molecule has 11 aliphatic rings. The van der Waals surface area contributed by atoms with Gasteiger partial charge in [-0.15, -0.1) is 0 Å². The normalized spacial score (nSPS) is 55.9. The summed E-state index contributed by atoms with van der Waals surface area (Å²) in [5, 5.41) is 0. The molecule has 0 radical (unpaired) electrons. The highest BCUT2D eigenvalue weighted by atomic mass is 16.8. The fourth-order valence-corrected chi connectivity index (χ4v) is 11.4. The zero-order chi connectivity index (χ0) is 33.9. The molecule has 0 aromatic rings. The minimum absolute atomic E-state index is 0.0297. The van der Waals surface area contributed by atoms with Crippen molar-refractivity contribution < 1.29 is 47.4 Å². The second kappa shape index (κ2) is 12.7. The topological polar surface area (TPSA) is 103 Å². The van der Waals surface area contributed by atoms with Gasteiger partial charge >= 0.3 is 0 Å². The van der Waals surface area contributed by atoms with Crippen LogP contribution in [-0.2, 0) is 47.4 Å². The van der Waals surface area contributed by atoms with Gasteiger partial charge in [0.15, 0.2) is 5.79 Å². The molecule has 11 rings (SSSR count). The lowest BCUT2D eigenvalue weighted by Gasteiger charge is -2.47. The van der Waals surface area contributed by atoms with Gasteiger partial charge in [-0.25, -0.2) is 0 Å². The van der Waals surface area contributed by atoms with Crippen molar-refractivity contribution in [3.63, 3.8) is 0 Å². The van der Waals surface area contributed by atoms with Gasteiger partial charge in [0.05, 0.1) is 67.6 Å². The third-order valence-electron chi connectivity index (χ3n) is 14.3. The third-order valence-corrected chi connectivity index (χ3v) is 14.3. The highest BCUT2D eigenvalue weighted by Gasteiger charge is 2.68. The van der Waals surface area contributed by atoms with E-state index >= 15 is 0 Å². The Morgan fingerprint density at radius 3 is 2.32 bits per heavy atom. The van der Waals surface area contributed by atoms with Crippen molar-refractivity contribution in [2.75, 3.05) is 6.61 Å². The Bertz CT molecular complexity index is 1370. The van der Waals surface area contributed by atoms with Gasteiger partial charge in [-0.05, 0) is 73.8 Å². The molecule has 19 atom stereocenters. The lowest BCUT2D eigenvalue weighted by atomic mass is 9.79. The molecule has 0 amide bonds. The summed E-state index contributed by atoms with van der Waals surface area (Å²) in [7, 11) is 0. The van der Waals surface area contributed by atoms with Crippen LogP contribution >= 0.6 is 0 Å². The number of carbonyl (C=O) groups excluding carboxylic acids is 1. The Morgan fingerprint density at radius 1 is 0.700 bits per heavy atom. The minimum Gasteiger partial charge on any atom is -0.374 e. The highest BCUT2D eigenvalue weighted by Crippen LogP contribution is 2.54. The van der Waals surface area contributed by atoms with Gasteiger partial charge in [0, 0.05) is 38.5 Å². The molecule has 10 heteroatoms. The highest BCUT2D eigenvalue weighted by molar-refractivity contribution is 5.79. The number of carbonyl (C=O) groups is 1. The van der Waals surface area contributed by atoms with Gasteiger partial charge in [-0.1, -0.05) is 27.0 Å². The quantitative estimate of drug-likeness (QED) is 0.285. The molecule has 276 valence electrons. The van der Waals surface area contributed by atoms with E-state index in [0.29, 0.717) is 25.2 Å². The van der Waals surface area contributed by atoms with Gasteiger partial charge in [-0.2, -0.15) is 0 Å². The van der Waals surface area contributed by atoms with E-state index in [1.807, 2.05) is 0 Å². The number of rotatable bonds is 2. The molecule has 11 heterocycles. The maximum absolute atomic E-state index is 14.0. The summed E-state index contributed by atoms with van der Waals surface area (Å²) in [4.78, 5) is 14.0. The molecule has 11 saturated heterocycles. The van der Waals surface area contributed by atoms with Crippen LogP contribution in [0.1, 0.15) is 97.3 Å². The zero-order valence-electron chi connectivity index (χ0n) is 29.8. The van der Waals surface area contributed by atoms with Crippen LogP contribution in [0.5, 0.6) is 0 Å². The number of Topliss-reactive ketones (excluding diaryl/α,β-unsaturated/α-hetero) is 1. The molecule has 0 saturated carbocycles. The summed E-state index contributed by atoms with van der Waals surface area (Å²) in [6.45, 7) is 14.3.